The van der Waals surface area contributed by atoms with Crippen molar-refractivity contribution >= 4 is 61.5 Å². The zero-order valence-electron chi connectivity index (χ0n) is 7.59. The van der Waals surface area contributed by atoms with Crippen molar-refractivity contribution in [3.63, 3.8) is 0 Å². The average Bonchev–Trinajstić information content (AvgIpc) is 2.13. The van der Waals surface area contributed by atoms with Gasteiger partial charge < -0.3 is 4.74 Å². The molecule has 0 saturated carbocycles. The molecule has 1 N–H and O–H groups in total. The van der Waals surface area contributed by atoms with Crippen LogP contribution in [0.2, 0.25) is 0 Å². The molecule has 1 aromatic rings. The fourth-order valence-corrected chi connectivity index (χ4v) is 1.43. The van der Waals surface area contributed by atoms with E-state index in [4.69, 9.17) is 9.29 Å². The van der Waals surface area contributed by atoms with E-state index >= 15 is 0 Å². The molecular formula is C9H13KO4S. The number of ether oxygens (including phenoxy) is 1. The van der Waals surface area contributed by atoms with Crippen molar-refractivity contribution in [2.75, 3.05) is 12.4 Å². The van der Waals surface area contributed by atoms with E-state index in [9.17, 15) is 8.42 Å². The Balaban J connectivity index is 0.00000196. The third kappa shape index (κ3) is 8.38. The molecule has 0 bridgehead atoms. The molecule has 0 saturated heterocycles. The normalized spacial score (nSPS) is 10.5. The monoisotopic (exact) mass is 256 g/mol. The molecule has 1 aromatic carbocycles. The van der Waals surface area contributed by atoms with E-state index in [0.717, 1.165) is 0 Å². The molecule has 80 valence electrons. The van der Waals surface area contributed by atoms with Gasteiger partial charge in [0.15, 0.2) is 0 Å². The zero-order chi connectivity index (χ0) is 10.4. The summed E-state index contributed by atoms with van der Waals surface area (Å²) in [6, 6.07) is 9.10. The predicted octanol–water partition coefficient (Wildman–Crippen LogP) is 0.695. The van der Waals surface area contributed by atoms with E-state index < -0.39 is 10.1 Å². The molecule has 0 aliphatic heterocycles. The molecule has 4 nitrogen and oxygen atoms in total. The van der Waals surface area contributed by atoms with Gasteiger partial charge in [0.2, 0.25) is 0 Å². The van der Waals surface area contributed by atoms with Crippen LogP contribution in [-0.2, 0) is 10.1 Å². The van der Waals surface area contributed by atoms with Gasteiger partial charge in [0, 0.05) is 0 Å². The van der Waals surface area contributed by atoms with Crippen LogP contribution in [0.15, 0.2) is 30.3 Å². The second-order valence-corrected chi connectivity index (χ2v) is 4.37. The van der Waals surface area contributed by atoms with Crippen molar-refractivity contribution in [3.05, 3.63) is 30.3 Å². The van der Waals surface area contributed by atoms with Crippen LogP contribution in [-0.4, -0.2) is 76.7 Å². The first-order valence-corrected chi connectivity index (χ1v) is 5.82. The fraction of sp³-hybridized carbons (Fsp3) is 0.333. The maximum absolute atomic E-state index is 10.3. The van der Waals surface area contributed by atoms with Crippen molar-refractivity contribution in [2.24, 2.45) is 0 Å². The van der Waals surface area contributed by atoms with Crippen molar-refractivity contribution in [1.82, 2.24) is 0 Å². The van der Waals surface area contributed by atoms with Crippen molar-refractivity contribution in [2.45, 2.75) is 6.42 Å². The average molecular weight is 256 g/mol. The fourth-order valence-electron chi connectivity index (χ4n) is 0.948. The van der Waals surface area contributed by atoms with Gasteiger partial charge in [0.05, 0.1) is 12.4 Å². The van der Waals surface area contributed by atoms with Crippen molar-refractivity contribution < 1.29 is 17.7 Å². The molecule has 0 radical (unpaired) electrons. The van der Waals surface area contributed by atoms with Crippen LogP contribution < -0.4 is 4.74 Å². The van der Waals surface area contributed by atoms with Gasteiger partial charge in [0.1, 0.15) is 5.75 Å². The molecule has 0 atom stereocenters. The second kappa shape index (κ2) is 7.78. The third-order valence-corrected chi connectivity index (χ3v) is 2.36. The molecule has 0 amide bonds. The van der Waals surface area contributed by atoms with Crippen LogP contribution >= 0.6 is 0 Å². The number of hydrogen-bond acceptors (Lipinski definition) is 3. The molecule has 0 aliphatic carbocycles. The van der Waals surface area contributed by atoms with Gasteiger partial charge in [-0.1, -0.05) is 18.2 Å². The van der Waals surface area contributed by atoms with E-state index in [-0.39, 0.29) is 70.2 Å². The van der Waals surface area contributed by atoms with Crippen molar-refractivity contribution in [1.29, 1.82) is 0 Å². The molecule has 1 rings (SSSR count). The Bertz CT molecular complexity index is 363. The summed E-state index contributed by atoms with van der Waals surface area (Å²) in [5, 5.41) is 0. The molecule has 15 heavy (non-hydrogen) atoms. The zero-order valence-corrected chi connectivity index (χ0v) is 8.40. The van der Waals surface area contributed by atoms with Crippen LogP contribution in [0, 0.1) is 0 Å². The minimum atomic E-state index is -3.86. The van der Waals surface area contributed by atoms with Crippen LogP contribution in [0.1, 0.15) is 6.42 Å². The molecule has 0 unspecified atom stereocenters. The first-order valence-electron chi connectivity index (χ1n) is 4.21. The van der Waals surface area contributed by atoms with E-state index in [1.807, 2.05) is 18.2 Å². The van der Waals surface area contributed by atoms with Crippen LogP contribution in [0.5, 0.6) is 5.75 Å². The van der Waals surface area contributed by atoms with Gasteiger partial charge in [0.25, 0.3) is 10.1 Å². The summed E-state index contributed by atoms with van der Waals surface area (Å²) in [5.41, 5.74) is 0. The van der Waals surface area contributed by atoms with E-state index in [1.54, 1.807) is 12.1 Å². The van der Waals surface area contributed by atoms with Crippen molar-refractivity contribution in [3.8, 4) is 5.75 Å². The molecule has 0 fully saturated rings. The number of rotatable bonds is 5. The van der Waals surface area contributed by atoms with E-state index in [2.05, 4.69) is 0 Å². The Kier molecular flexibility index (Phi) is 8.07. The Morgan fingerprint density at radius 1 is 1.20 bits per heavy atom. The summed E-state index contributed by atoms with van der Waals surface area (Å²) in [5.74, 6) is 0.433. The second-order valence-electron chi connectivity index (χ2n) is 2.80. The number of hydrogen-bond donors (Lipinski definition) is 1. The van der Waals surface area contributed by atoms with Gasteiger partial charge in [-0.3, -0.25) is 4.55 Å². The standard InChI is InChI=1S/C9H12O4S.K.H/c10-14(11,12)8-4-7-13-9-5-2-1-3-6-9;;/h1-3,5-6H,4,7-8H2,(H,10,11,12);;. The first-order chi connectivity index (χ1) is 6.58. The predicted molar refractivity (Wildman–Crippen MR) is 60.1 cm³/mol. The molecule has 0 heterocycles. The summed E-state index contributed by atoms with van der Waals surface area (Å²) in [6.07, 6.45) is 0.285. The Morgan fingerprint density at radius 3 is 2.33 bits per heavy atom. The summed E-state index contributed by atoms with van der Waals surface area (Å²) in [6.45, 7) is 0.282. The van der Waals surface area contributed by atoms with Gasteiger partial charge in [-0.15, -0.1) is 0 Å². The molecule has 0 aromatic heterocycles. The van der Waals surface area contributed by atoms with E-state index in [0.29, 0.717) is 5.75 Å². The van der Waals surface area contributed by atoms with Gasteiger partial charge in [-0.2, -0.15) is 8.42 Å². The van der Waals surface area contributed by atoms with Crippen LogP contribution in [0.25, 0.3) is 0 Å². The van der Waals surface area contributed by atoms with Gasteiger partial charge in [-0.25, -0.2) is 0 Å². The molecule has 0 spiro atoms. The Hall–Kier alpha value is 0.566. The molecule has 6 heteroatoms. The van der Waals surface area contributed by atoms with Gasteiger partial charge >= 0.3 is 51.4 Å². The van der Waals surface area contributed by atoms with E-state index in [1.165, 1.54) is 0 Å². The Labute approximate surface area is 132 Å². The summed E-state index contributed by atoms with van der Waals surface area (Å²) in [4.78, 5) is 0. The Morgan fingerprint density at radius 2 is 1.80 bits per heavy atom. The van der Waals surface area contributed by atoms with Gasteiger partial charge in [-0.05, 0) is 18.6 Å². The summed E-state index contributed by atoms with van der Waals surface area (Å²) >= 11 is 0. The third-order valence-electron chi connectivity index (χ3n) is 1.56. The SMILES string of the molecule is O=S(=O)(O)CCCOc1ccccc1.[KH]. The first kappa shape index (κ1) is 15.6. The maximum atomic E-state index is 10.3. The van der Waals surface area contributed by atoms with Crippen LogP contribution in [0.4, 0.5) is 0 Å². The topological polar surface area (TPSA) is 63.6 Å². The summed E-state index contributed by atoms with van der Waals surface area (Å²) in [7, 11) is -3.86. The minimum absolute atomic E-state index is 0. The number of benzene rings is 1. The summed E-state index contributed by atoms with van der Waals surface area (Å²) < 4.78 is 34.3. The number of para-hydroxylation sites is 1. The quantitative estimate of drug-likeness (QED) is 0.478. The molecule has 0 aliphatic rings. The molecular weight excluding hydrogens is 243 g/mol. The van der Waals surface area contributed by atoms with Crippen LogP contribution in [0.3, 0.4) is 0 Å².